The Bertz CT molecular complexity index is 941. The van der Waals surface area contributed by atoms with E-state index in [0.717, 1.165) is 57.1 Å². The predicted molar refractivity (Wildman–Crippen MR) is 139 cm³/mol. The first-order chi connectivity index (χ1) is 16.3. The van der Waals surface area contributed by atoms with E-state index >= 15 is 0 Å². The molecule has 0 aliphatic carbocycles. The van der Waals surface area contributed by atoms with Gasteiger partial charge in [0.05, 0.1) is 22.5 Å². The molecule has 1 aromatic carbocycles. The number of amides is 1. The number of nitrogens with two attached hydrogens (primary N) is 1. The summed E-state index contributed by atoms with van der Waals surface area (Å²) in [5, 5.41) is 14.3. The van der Waals surface area contributed by atoms with Crippen LogP contribution >= 0.6 is 23.2 Å². The largest absolute Gasteiger partial charge is 0.392 e. The smallest absolute Gasteiger partial charge is 0.272 e. The lowest BCUT2D eigenvalue weighted by Crippen LogP contribution is -2.50. The number of nitrogens with one attached hydrogen (secondary N) is 1. The normalized spacial score (nSPS) is 20.9. The Kier molecular flexibility index (Phi) is 9.83. The molecule has 1 atom stereocenters. The van der Waals surface area contributed by atoms with Gasteiger partial charge in [0.25, 0.3) is 5.91 Å². The molecule has 9 heteroatoms. The summed E-state index contributed by atoms with van der Waals surface area (Å²) >= 11 is 12.1. The van der Waals surface area contributed by atoms with Crippen molar-refractivity contribution in [2.45, 2.75) is 51.2 Å². The highest BCUT2D eigenvalue weighted by atomic mass is 35.5. The molecule has 1 amide bonds. The van der Waals surface area contributed by atoms with Crippen LogP contribution in [0.4, 0.5) is 0 Å². The Morgan fingerprint density at radius 1 is 1.26 bits per heavy atom. The molecule has 2 fully saturated rings. The number of piperidine rings is 2. The van der Waals surface area contributed by atoms with E-state index in [1.807, 2.05) is 24.0 Å². The fourth-order valence-electron chi connectivity index (χ4n) is 4.61. The summed E-state index contributed by atoms with van der Waals surface area (Å²) in [6, 6.07) is 5.97. The number of carbonyl (C=O) groups excluding carboxylic acids is 1. The number of hydrogen-bond donors (Lipinski definition) is 3. The number of hydrogen-bond acceptors (Lipinski definition) is 5. The molecule has 7 nitrogen and oxygen atoms in total. The maximum atomic E-state index is 13.3. The van der Waals surface area contributed by atoms with Crippen LogP contribution in [0.15, 0.2) is 46.7 Å². The fraction of sp³-hybridized carbons (Fsp3) is 0.520. The Labute approximate surface area is 212 Å². The van der Waals surface area contributed by atoms with E-state index in [-0.39, 0.29) is 12.0 Å². The molecule has 0 spiro atoms. The van der Waals surface area contributed by atoms with Crippen molar-refractivity contribution in [3.05, 3.63) is 57.4 Å². The number of rotatable bonds is 8. The third kappa shape index (κ3) is 6.98. The van der Waals surface area contributed by atoms with Crippen LogP contribution in [0.5, 0.6) is 0 Å². The predicted octanol–water partition coefficient (Wildman–Crippen LogP) is 3.35. The van der Waals surface area contributed by atoms with Gasteiger partial charge < -0.3 is 21.1 Å². The van der Waals surface area contributed by atoms with Crippen molar-refractivity contribution in [2.75, 3.05) is 32.7 Å². The second-order valence-electron chi connectivity index (χ2n) is 8.97. The van der Waals surface area contributed by atoms with Gasteiger partial charge in [-0.2, -0.15) is 0 Å². The van der Waals surface area contributed by atoms with Crippen LogP contribution in [0.2, 0.25) is 10.0 Å². The molecule has 2 aliphatic rings. The molecule has 0 saturated carbocycles. The zero-order chi connectivity index (χ0) is 24.7. The minimum atomic E-state index is -0.236. The second-order valence-corrected chi connectivity index (χ2v) is 9.78. The summed E-state index contributed by atoms with van der Waals surface area (Å²) < 4.78 is 0. The molecular formula is C25H35Cl2N5O2. The third-order valence-electron chi connectivity index (χ3n) is 6.65. The number of aliphatic hydroxyl groups excluding tert-OH is 1. The number of benzene rings is 1. The van der Waals surface area contributed by atoms with Gasteiger partial charge in [0, 0.05) is 43.5 Å². The lowest BCUT2D eigenvalue weighted by molar-refractivity contribution is -0.129. The molecular weight excluding hydrogens is 473 g/mol. The third-order valence-corrected chi connectivity index (χ3v) is 7.39. The number of nitrogens with zero attached hydrogens (tertiary/aromatic N) is 3. The standard InChI is InChI=1S/C25H35Cl2N5O2/c1-17(18(2)29-10-7-19-5-6-22(26)23(27)14-19)24(30-16-28)25(34)31-12-8-20(9-13-31)32-11-3-4-21(33)15-32/h5-6,14,16,20-21,29,33H,2-4,7-13,15H2,1H3,(H2,28,30)/b24-17-/t21-/m0/s1. The first kappa shape index (κ1) is 26.5. The number of likely N-dealkylation sites (tertiary alicyclic amines) is 2. The van der Waals surface area contributed by atoms with Gasteiger partial charge in [-0.3, -0.25) is 9.69 Å². The van der Waals surface area contributed by atoms with Gasteiger partial charge in [-0.25, -0.2) is 4.99 Å². The molecule has 0 aromatic heterocycles. The summed E-state index contributed by atoms with van der Waals surface area (Å²) in [4.78, 5) is 21.7. The second kappa shape index (κ2) is 12.6. The van der Waals surface area contributed by atoms with Crippen molar-refractivity contribution < 1.29 is 9.90 Å². The van der Waals surface area contributed by atoms with E-state index in [1.165, 1.54) is 0 Å². The van der Waals surface area contributed by atoms with Gasteiger partial charge in [-0.05, 0) is 63.3 Å². The topological polar surface area (TPSA) is 94.2 Å². The molecule has 2 saturated heterocycles. The van der Waals surface area contributed by atoms with Crippen molar-refractivity contribution >= 4 is 35.4 Å². The van der Waals surface area contributed by atoms with Crippen LogP contribution in [0.3, 0.4) is 0 Å². The Balaban J connectivity index is 1.57. The van der Waals surface area contributed by atoms with E-state index in [2.05, 4.69) is 21.8 Å². The van der Waals surface area contributed by atoms with E-state index in [1.54, 1.807) is 6.07 Å². The summed E-state index contributed by atoms with van der Waals surface area (Å²) in [5.74, 6) is -0.135. The number of aliphatic hydroxyl groups is 1. The molecule has 4 N–H and O–H groups in total. The zero-order valence-electron chi connectivity index (χ0n) is 19.8. The molecule has 0 unspecified atom stereocenters. The fourth-order valence-corrected chi connectivity index (χ4v) is 4.93. The molecule has 34 heavy (non-hydrogen) atoms. The first-order valence-electron chi connectivity index (χ1n) is 11.8. The zero-order valence-corrected chi connectivity index (χ0v) is 21.3. The molecule has 1 aromatic rings. The van der Waals surface area contributed by atoms with Crippen LogP contribution in [-0.4, -0.2) is 72.0 Å². The number of halogens is 2. The summed E-state index contributed by atoms with van der Waals surface area (Å²) in [6.45, 7) is 9.61. The maximum absolute atomic E-state index is 13.3. The molecule has 3 rings (SSSR count). The highest BCUT2D eigenvalue weighted by Gasteiger charge is 2.31. The number of carbonyl (C=O) groups is 1. The average molecular weight is 508 g/mol. The monoisotopic (exact) mass is 507 g/mol. The molecule has 2 heterocycles. The molecule has 186 valence electrons. The lowest BCUT2D eigenvalue weighted by Gasteiger charge is -2.41. The summed E-state index contributed by atoms with van der Waals surface area (Å²) in [7, 11) is 0. The van der Waals surface area contributed by atoms with Crippen LogP contribution in [-0.2, 0) is 11.2 Å². The van der Waals surface area contributed by atoms with Gasteiger partial charge in [0.1, 0.15) is 5.70 Å². The van der Waals surface area contributed by atoms with Gasteiger partial charge in [0.15, 0.2) is 0 Å². The number of β-amino-alcohol motifs (C(OH)–C–C–N with tert-alkyl or cyclic N) is 1. The van der Waals surface area contributed by atoms with Crippen LogP contribution in [0, 0.1) is 0 Å². The van der Waals surface area contributed by atoms with E-state index in [4.69, 9.17) is 28.9 Å². The Hall–Kier alpha value is -2.06. The minimum absolute atomic E-state index is 0.135. The van der Waals surface area contributed by atoms with Crippen LogP contribution in [0.25, 0.3) is 0 Å². The SMILES string of the molecule is C=C(NCCc1ccc(Cl)c(Cl)c1)/C(C)=C(\N=CN)C(=O)N1CCC(N2CCC[C@H](O)C2)CC1. The Morgan fingerprint density at radius 3 is 2.65 bits per heavy atom. The quantitative estimate of drug-likeness (QED) is 0.217. The van der Waals surface area contributed by atoms with Gasteiger partial charge in [0.2, 0.25) is 0 Å². The van der Waals surface area contributed by atoms with E-state index in [0.29, 0.717) is 52.7 Å². The van der Waals surface area contributed by atoms with Crippen molar-refractivity contribution in [3.8, 4) is 0 Å². The number of allylic oxidation sites excluding steroid dienone is 1. The van der Waals surface area contributed by atoms with Crippen molar-refractivity contribution in [2.24, 2.45) is 10.7 Å². The van der Waals surface area contributed by atoms with Crippen LogP contribution in [0.1, 0.15) is 38.2 Å². The van der Waals surface area contributed by atoms with Crippen LogP contribution < -0.4 is 11.1 Å². The first-order valence-corrected chi connectivity index (χ1v) is 12.6. The van der Waals surface area contributed by atoms with Gasteiger partial charge >= 0.3 is 0 Å². The van der Waals surface area contributed by atoms with Gasteiger partial charge in [-0.15, -0.1) is 0 Å². The minimum Gasteiger partial charge on any atom is -0.392 e. The highest BCUT2D eigenvalue weighted by Crippen LogP contribution is 2.24. The molecule has 2 aliphatic heterocycles. The Morgan fingerprint density at radius 2 is 2.00 bits per heavy atom. The van der Waals surface area contributed by atoms with Gasteiger partial charge in [-0.1, -0.05) is 35.8 Å². The van der Waals surface area contributed by atoms with E-state index in [9.17, 15) is 9.90 Å². The molecule has 0 radical (unpaired) electrons. The highest BCUT2D eigenvalue weighted by molar-refractivity contribution is 6.42. The maximum Gasteiger partial charge on any atom is 0.272 e. The van der Waals surface area contributed by atoms with Crippen molar-refractivity contribution in [1.82, 2.24) is 15.1 Å². The van der Waals surface area contributed by atoms with Crippen molar-refractivity contribution in [3.63, 3.8) is 0 Å². The molecule has 0 bridgehead atoms. The van der Waals surface area contributed by atoms with Crippen molar-refractivity contribution in [1.29, 1.82) is 0 Å². The summed E-state index contributed by atoms with van der Waals surface area (Å²) in [6.07, 6.45) is 5.33. The van der Waals surface area contributed by atoms with E-state index < -0.39 is 0 Å². The lowest BCUT2D eigenvalue weighted by atomic mass is 9.98. The number of aliphatic imine (C=N–C) groups is 1. The summed E-state index contributed by atoms with van der Waals surface area (Å²) in [5.41, 5.74) is 8.23. The average Bonchev–Trinajstić information content (AvgIpc) is 2.84.